The van der Waals surface area contributed by atoms with Crippen LogP contribution >= 0.6 is 15.9 Å². The molecule has 0 saturated carbocycles. The maximum atomic E-state index is 13.2. The Labute approximate surface area is 161 Å². The van der Waals surface area contributed by atoms with Crippen LogP contribution in [0, 0.1) is 5.82 Å². The van der Waals surface area contributed by atoms with Crippen LogP contribution in [0.15, 0.2) is 53.0 Å². The summed E-state index contributed by atoms with van der Waals surface area (Å²) in [7, 11) is 0. The van der Waals surface area contributed by atoms with E-state index in [9.17, 15) is 9.18 Å². The number of carbonyl (C=O) groups excluding carboxylic acids is 1. The zero-order chi connectivity index (χ0) is 18.5. The summed E-state index contributed by atoms with van der Waals surface area (Å²) in [6.45, 7) is 4.97. The SMILES string of the molecule is CC1(C)c2cc(Br)ccc2N2CCC(=O)N[C@]21/C=C/c1ccc(F)cc1. The van der Waals surface area contributed by atoms with E-state index in [4.69, 9.17) is 0 Å². The van der Waals surface area contributed by atoms with Crippen LogP contribution in [0.4, 0.5) is 10.1 Å². The number of hydrogen-bond donors (Lipinski definition) is 1. The smallest absolute Gasteiger partial charge is 0.223 e. The van der Waals surface area contributed by atoms with Crippen molar-refractivity contribution in [2.24, 2.45) is 0 Å². The highest BCUT2D eigenvalue weighted by molar-refractivity contribution is 9.10. The zero-order valence-corrected chi connectivity index (χ0v) is 16.3. The number of carbonyl (C=O) groups is 1. The molecule has 2 aromatic rings. The number of benzene rings is 2. The van der Waals surface area contributed by atoms with Crippen molar-refractivity contribution in [3.05, 3.63) is 70.0 Å². The van der Waals surface area contributed by atoms with Crippen molar-refractivity contribution >= 4 is 33.6 Å². The minimum Gasteiger partial charge on any atom is -0.344 e. The minimum atomic E-state index is -0.653. The molecule has 2 aliphatic heterocycles. The van der Waals surface area contributed by atoms with Gasteiger partial charge in [0, 0.05) is 28.5 Å². The van der Waals surface area contributed by atoms with Crippen LogP contribution in [0.2, 0.25) is 0 Å². The lowest BCUT2D eigenvalue weighted by Crippen LogP contribution is -2.68. The van der Waals surface area contributed by atoms with Gasteiger partial charge in [0.1, 0.15) is 11.5 Å². The van der Waals surface area contributed by atoms with Gasteiger partial charge in [-0.05, 0) is 47.5 Å². The number of halogens is 2. The molecule has 0 unspecified atom stereocenters. The first-order chi connectivity index (χ1) is 12.3. The molecule has 1 fully saturated rings. The number of fused-ring (bicyclic) bond motifs is 3. The Balaban J connectivity index is 1.84. The van der Waals surface area contributed by atoms with Gasteiger partial charge in [0.25, 0.3) is 0 Å². The molecule has 1 amide bonds. The average molecular weight is 415 g/mol. The number of anilines is 1. The summed E-state index contributed by atoms with van der Waals surface area (Å²) in [4.78, 5) is 14.6. The van der Waals surface area contributed by atoms with Crippen LogP contribution < -0.4 is 10.2 Å². The van der Waals surface area contributed by atoms with Gasteiger partial charge in [-0.15, -0.1) is 0 Å². The van der Waals surface area contributed by atoms with Gasteiger partial charge in [-0.25, -0.2) is 4.39 Å². The molecule has 1 N–H and O–H groups in total. The van der Waals surface area contributed by atoms with E-state index in [-0.39, 0.29) is 17.1 Å². The second kappa shape index (κ2) is 5.95. The van der Waals surface area contributed by atoms with Crippen molar-refractivity contribution in [1.82, 2.24) is 5.32 Å². The maximum absolute atomic E-state index is 13.2. The minimum absolute atomic E-state index is 0.0463. The van der Waals surface area contributed by atoms with Crippen molar-refractivity contribution in [1.29, 1.82) is 0 Å². The molecule has 134 valence electrons. The van der Waals surface area contributed by atoms with Gasteiger partial charge < -0.3 is 10.2 Å². The van der Waals surface area contributed by atoms with E-state index >= 15 is 0 Å². The monoisotopic (exact) mass is 414 g/mol. The molecule has 2 aliphatic rings. The Kier molecular flexibility index (Phi) is 3.95. The Bertz CT molecular complexity index is 907. The van der Waals surface area contributed by atoms with Crippen LogP contribution in [-0.4, -0.2) is 18.1 Å². The van der Waals surface area contributed by atoms with Gasteiger partial charge in [0.2, 0.25) is 5.91 Å². The van der Waals surface area contributed by atoms with Crippen LogP contribution in [0.25, 0.3) is 6.08 Å². The number of rotatable bonds is 2. The molecule has 0 spiro atoms. The molecule has 1 atom stereocenters. The fourth-order valence-electron chi connectivity index (χ4n) is 4.12. The highest BCUT2D eigenvalue weighted by Gasteiger charge is 2.57. The van der Waals surface area contributed by atoms with Crippen LogP contribution in [0.5, 0.6) is 0 Å². The highest BCUT2D eigenvalue weighted by atomic mass is 79.9. The van der Waals surface area contributed by atoms with Crippen molar-refractivity contribution in [2.75, 3.05) is 11.4 Å². The second-order valence-corrected chi connectivity index (χ2v) is 8.30. The molecule has 1 saturated heterocycles. The van der Waals surface area contributed by atoms with Crippen molar-refractivity contribution < 1.29 is 9.18 Å². The van der Waals surface area contributed by atoms with Crippen molar-refractivity contribution in [3.8, 4) is 0 Å². The third-order valence-electron chi connectivity index (χ3n) is 5.58. The lowest BCUT2D eigenvalue weighted by Gasteiger charge is -2.49. The largest absolute Gasteiger partial charge is 0.344 e. The Morgan fingerprint density at radius 3 is 2.65 bits per heavy atom. The van der Waals surface area contributed by atoms with E-state index in [0.29, 0.717) is 13.0 Å². The standard InChI is InChI=1S/C21H20BrFN2O/c1-20(2)17-13-15(22)5-8-18(17)25-12-10-19(26)24-21(20,25)11-9-14-3-6-16(23)7-4-14/h3-9,11,13H,10,12H2,1-2H3,(H,24,26)/b11-9+/t21-/m1/s1. The lowest BCUT2D eigenvalue weighted by molar-refractivity contribution is -0.124. The van der Waals surface area contributed by atoms with Crippen LogP contribution in [-0.2, 0) is 10.2 Å². The Morgan fingerprint density at radius 1 is 1.19 bits per heavy atom. The Morgan fingerprint density at radius 2 is 1.92 bits per heavy atom. The maximum Gasteiger partial charge on any atom is 0.223 e. The summed E-state index contributed by atoms with van der Waals surface area (Å²) in [6.07, 6.45) is 4.48. The van der Waals surface area contributed by atoms with Gasteiger partial charge in [-0.1, -0.05) is 48.0 Å². The first-order valence-corrected chi connectivity index (χ1v) is 9.46. The second-order valence-electron chi connectivity index (χ2n) is 7.39. The molecular weight excluding hydrogens is 395 g/mol. The first kappa shape index (κ1) is 17.3. The topological polar surface area (TPSA) is 32.3 Å². The predicted octanol–water partition coefficient (Wildman–Crippen LogP) is 4.62. The molecule has 3 nitrogen and oxygen atoms in total. The zero-order valence-electron chi connectivity index (χ0n) is 14.7. The van der Waals surface area contributed by atoms with Gasteiger partial charge in [0.15, 0.2) is 0 Å². The number of nitrogens with zero attached hydrogens (tertiary/aromatic N) is 1. The van der Waals surface area contributed by atoms with E-state index in [1.54, 1.807) is 12.1 Å². The number of amides is 1. The molecular formula is C21H20BrFN2O. The molecule has 2 heterocycles. The fourth-order valence-corrected chi connectivity index (χ4v) is 4.48. The van der Waals surface area contributed by atoms with E-state index < -0.39 is 5.66 Å². The summed E-state index contributed by atoms with van der Waals surface area (Å²) in [5.74, 6) is -0.212. The molecule has 0 aliphatic carbocycles. The predicted molar refractivity (Wildman–Crippen MR) is 105 cm³/mol. The molecule has 5 heteroatoms. The third kappa shape index (κ3) is 2.49. The van der Waals surface area contributed by atoms with Crippen LogP contribution in [0.3, 0.4) is 0 Å². The van der Waals surface area contributed by atoms with Crippen LogP contribution in [0.1, 0.15) is 31.4 Å². The summed E-state index contributed by atoms with van der Waals surface area (Å²) in [5, 5.41) is 3.24. The van der Waals surface area contributed by atoms with E-state index in [0.717, 1.165) is 15.7 Å². The van der Waals surface area contributed by atoms with Crippen molar-refractivity contribution in [2.45, 2.75) is 31.3 Å². The van der Waals surface area contributed by atoms with Gasteiger partial charge in [-0.3, -0.25) is 4.79 Å². The van der Waals surface area contributed by atoms with E-state index in [1.807, 2.05) is 18.2 Å². The van der Waals surface area contributed by atoms with Gasteiger partial charge in [-0.2, -0.15) is 0 Å². The fraction of sp³-hybridized carbons (Fsp3) is 0.286. The highest BCUT2D eigenvalue weighted by Crippen LogP contribution is 2.53. The van der Waals surface area contributed by atoms with Gasteiger partial charge in [0.05, 0.1) is 0 Å². The molecule has 0 radical (unpaired) electrons. The molecule has 0 aromatic heterocycles. The Hall–Kier alpha value is -2.14. The molecule has 2 aromatic carbocycles. The molecule has 26 heavy (non-hydrogen) atoms. The number of nitrogens with one attached hydrogen (secondary N) is 1. The van der Waals surface area contributed by atoms with Crippen molar-refractivity contribution in [3.63, 3.8) is 0 Å². The summed E-state index contributed by atoms with van der Waals surface area (Å²) >= 11 is 3.57. The number of hydrogen-bond acceptors (Lipinski definition) is 2. The normalized spacial score (nSPS) is 23.7. The summed E-state index contributed by atoms with van der Waals surface area (Å²) in [6, 6.07) is 12.6. The average Bonchev–Trinajstić information content (AvgIpc) is 2.79. The summed E-state index contributed by atoms with van der Waals surface area (Å²) in [5.41, 5.74) is 2.24. The summed E-state index contributed by atoms with van der Waals surface area (Å²) < 4.78 is 14.2. The molecule has 4 rings (SSSR count). The van der Waals surface area contributed by atoms with Gasteiger partial charge >= 0.3 is 0 Å². The first-order valence-electron chi connectivity index (χ1n) is 8.67. The quantitative estimate of drug-likeness (QED) is 0.777. The van der Waals surface area contributed by atoms with E-state index in [2.05, 4.69) is 52.1 Å². The van der Waals surface area contributed by atoms with E-state index in [1.165, 1.54) is 17.7 Å². The molecule has 0 bridgehead atoms. The third-order valence-corrected chi connectivity index (χ3v) is 6.07. The lowest BCUT2D eigenvalue weighted by atomic mass is 9.74.